The van der Waals surface area contributed by atoms with Gasteiger partial charge in [-0.1, -0.05) is 19.9 Å². The second-order valence-electron chi connectivity index (χ2n) is 3.89. The Bertz CT molecular complexity index is 413. The summed E-state index contributed by atoms with van der Waals surface area (Å²) < 4.78 is 10.9. The monoisotopic (exact) mass is 248 g/mol. The first kappa shape index (κ1) is 14.3. The van der Waals surface area contributed by atoms with E-state index in [1.807, 2.05) is 25.1 Å². The number of ether oxygens (including phenoxy) is 2. The zero-order valence-corrected chi connectivity index (χ0v) is 11.2. The van der Waals surface area contributed by atoms with Crippen LogP contribution < -0.4 is 14.8 Å². The summed E-state index contributed by atoms with van der Waals surface area (Å²) in [6.07, 6.45) is 0.953. The van der Waals surface area contributed by atoms with Gasteiger partial charge in [0, 0.05) is 0 Å². The van der Waals surface area contributed by atoms with Crippen LogP contribution in [0, 0.1) is 11.3 Å². The molecule has 1 rings (SSSR count). The van der Waals surface area contributed by atoms with Crippen molar-refractivity contribution in [1.82, 2.24) is 5.32 Å². The fourth-order valence-corrected chi connectivity index (χ4v) is 1.61. The Hall–Kier alpha value is -1.73. The average Bonchev–Trinajstić information content (AvgIpc) is 2.43. The lowest BCUT2D eigenvalue weighted by Gasteiger charge is -2.14. The third-order valence-corrected chi connectivity index (χ3v) is 2.65. The highest BCUT2D eigenvalue weighted by Crippen LogP contribution is 2.28. The van der Waals surface area contributed by atoms with Gasteiger partial charge in [0.1, 0.15) is 12.6 Å². The molecule has 0 aliphatic carbocycles. The lowest BCUT2D eigenvalue weighted by molar-refractivity contribution is 0.274. The van der Waals surface area contributed by atoms with Gasteiger partial charge in [-0.2, -0.15) is 5.26 Å². The minimum Gasteiger partial charge on any atom is -0.493 e. The normalized spacial score (nSPS) is 11.7. The van der Waals surface area contributed by atoms with E-state index in [2.05, 4.69) is 18.3 Å². The third-order valence-electron chi connectivity index (χ3n) is 2.65. The van der Waals surface area contributed by atoms with Crippen molar-refractivity contribution in [3.63, 3.8) is 0 Å². The molecule has 0 saturated carbocycles. The summed E-state index contributed by atoms with van der Waals surface area (Å²) in [5, 5.41) is 12.0. The first-order valence-corrected chi connectivity index (χ1v) is 6.17. The van der Waals surface area contributed by atoms with Gasteiger partial charge in [0.25, 0.3) is 0 Å². The van der Waals surface area contributed by atoms with Crippen LogP contribution in [0.15, 0.2) is 18.2 Å². The summed E-state index contributed by atoms with van der Waals surface area (Å²) >= 11 is 0. The molecule has 1 aromatic carbocycles. The molecule has 4 nitrogen and oxygen atoms in total. The van der Waals surface area contributed by atoms with Gasteiger partial charge in [0.15, 0.2) is 11.5 Å². The van der Waals surface area contributed by atoms with Crippen molar-refractivity contribution in [1.29, 1.82) is 5.26 Å². The molecule has 0 fully saturated rings. The van der Waals surface area contributed by atoms with Gasteiger partial charge in [-0.15, -0.1) is 0 Å². The maximum atomic E-state index is 8.92. The van der Waals surface area contributed by atoms with Gasteiger partial charge in [-0.05, 0) is 30.7 Å². The molecule has 1 atom stereocenters. The quantitative estimate of drug-likeness (QED) is 0.803. The lowest BCUT2D eigenvalue weighted by Crippen LogP contribution is -2.33. The third kappa shape index (κ3) is 3.94. The molecule has 0 aromatic heterocycles. The number of benzene rings is 1. The molecule has 0 saturated heterocycles. The Kier molecular flexibility index (Phi) is 6.03. The van der Waals surface area contributed by atoms with E-state index in [1.165, 1.54) is 5.56 Å². The second kappa shape index (κ2) is 7.57. The molecule has 18 heavy (non-hydrogen) atoms. The summed E-state index contributed by atoms with van der Waals surface area (Å²) in [7, 11) is 1.62. The van der Waals surface area contributed by atoms with E-state index in [-0.39, 0.29) is 6.04 Å². The van der Waals surface area contributed by atoms with Crippen LogP contribution >= 0.6 is 0 Å². The highest BCUT2D eigenvalue weighted by atomic mass is 16.5. The number of hydrogen-bond acceptors (Lipinski definition) is 4. The van der Waals surface area contributed by atoms with Crippen LogP contribution in [0.1, 0.15) is 19.4 Å². The van der Waals surface area contributed by atoms with Crippen molar-refractivity contribution >= 4 is 0 Å². The van der Waals surface area contributed by atoms with Crippen molar-refractivity contribution in [2.24, 2.45) is 0 Å². The van der Waals surface area contributed by atoms with Crippen LogP contribution in [0.5, 0.6) is 11.5 Å². The second-order valence-corrected chi connectivity index (χ2v) is 3.89. The van der Waals surface area contributed by atoms with Gasteiger partial charge >= 0.3 is 0 Å². The van der Waals surface area contributed by atoms with Crippen LogP contribution in [-0.2, 0) is 6.42 Å². The maximum Gasteiger partial charge on any atom is 0.161 e. The molecule has 0 radical (unpaired) electrons. The van der Waals surface area contributed by atoms with Gasteiger partial charge in [-0.25, -0.2) is 0 Å². The molecule has 0 bridgehead atoms. The first-order valence-electron chi connectivity index (χ1n) is 6.17. The highest BCUT2D eigenvalue weighted by molar-refractivity contribution is 5.43. The maximum absolute atomic E-state index is 8.92. The standard InChI is InChI=1S/C14H20N2O2/c1-4-11-6-7-13(14(8-11)17-3)18-10-12(9-15)16-5-2/h6-8,12,16H,4-5,10H2,1-3H3. The topological polar surface area (TPSA) is 54.3 Å². The number of hydrogen-bond donors (Lipinski definition) is 1. The number of nitrogens with one attached hydrogen (secondary N) is 1. The van der Waals surface area contributed by atoms with E-state index >= 15 is 0 Å². The van der Waals surface area contributed by atoms with E-state index in [0.29, 0.717) is 18.1 Å². The van der Waals surface area contributed by atoms with Crippen molar-refractivity contribution in [2.75, 3.05) is 20.3 Å². The molecule has 0 amide bonds. The summed E-state index contributed by atoms with van der Waals surface area (Å²) in [6.45, 7) is 5.10. The van der Waals surface area contributed by atoms with E-state index in [0.717, 1.165) is 13.0 Å². The van der Waals surface area contributed by atoms with Crippen LogP contribution in [0.3, 0.4) is 0 Å². The zero-order valence-electron chi connectivity index (χ0n) is 11.2. The molecule has 0 heterocycles. The van der Waals surface area contributed by atoms with Gasteiger partial charge in [0.05, 0.1) is 13.2 Å². The molecular formula is C14H20N2O2. The van der Waals surface area contributed by atoms with Crippen LogP contribution in [0.25, 0.3) is 0 Å². The molecule has 0 aliphatic heterocycles. The average molecular weight is 248 g/mol. The van der Waals surface area contributed by atoms with Gasteiger partial charge < -0.3 is 9.47 Å². The van der Waals surface area contributed by atoms with E-state index < -0.39 is 0 Å². The number of nitriles is 1. The number of rotatable bonds is 7. The molecule has 1 unspecified atom stereocenters. The molecule has 4 heteroatoms. The van der Waals surface area contributed by atoms with E-state index in [9.17, 15) is 0 Å². The zero-order chi connectivity index (χ0) is 13.4. The van der Waals surface area contributed by atoms with E-state index in [4.69, 9.17) is 14.7 Å². The number of aryl methyl sites for hydroxylation is 1. The Morgan fingerprint density at radius 2 is 2.11 bits per heavy atom. The smallest absolute Gasteiger partial charge is 0.161 e. The molecule has 98 valence electrons. The molecule has 0 spiro atoms. The summed E-state index contributed by atoms with van der Waals surface area (Å²) in [5.74, 6) is 1.38. The highest BCUT2D eigenvalue weighted by Gasteiger charge is 2.09. The molecule has 1 N–H and O–H groups in total. The van der Waals surface area contributed by atoms with Crippen molar-refractivity contribution in [2.45, 2.75) is 26.3 Å². The van der Waals surface area contributed by atoms with Crippen molar-refractivity contribution < 1.29 is 9.47 Å². The number of nitrogens with zero attached hydrogens (tertiary/aromatic N) is 1. The Morgan fingerprint density at radius 3 is 2.67 bits per heavy atom. The van der Waals surface area contributed by atoms with Crippen molar-refractivity contribution in [3.8, 4) is 17.6 Å². The molecular weight excluding hydrogens is 228 g/mol. The van der Waals surface area contributed by atoms with Crippen LogP contribution in [-0.4, -0.2) is 26.3 Å². The summed E-state index contributed by atoms with van der Waals surface area (Å²) in [5.41, 5.74) is 1.20. The number of methoxy groups -OCH3 is 1. The van der Waals surface area contributed by atoms with E-state index in [1.54, 1.807) is 7.11 Å². The Balaban J connectivity index is 2.69. The predicted octanol–water partition coefficient (Wildman–Crippen LogP) is 2.14. The van der Waals surface area contributed by atoms with Crippen LogP contribution in [0.4, 0.5) is 0 Å². The first-order chi connectivity index (χ1) is 8.74. The lowest BCUT2D eigenvalue weighted by atomic mass is 10.1. The van der Waals surface area contributed by atoms with Gasteiger partial charge in [-0.3, -0.25) is 5.32 Å². The minimum absolute atomic E-state index is 0.300. The molecule has 0 aliphatic rings. The minimum atomic E-state index is -0.300. The fraction of sp³-hybridized carbons (Fsp3) is 0.500. The largest absolute Gasteiger partial charge is 0.493 e. The summed E-state index contributed by atoms with van der Waals surface area (Å²) in [4.78, 5) is 0. The van der Waals surface area contributed by atoms with Crippen molar-refractivity contribution in [3.05, 3.63) is 23.8 Å². The van der Waals surface area contributed by atoms with Crippen LogP contribution in [0.2, 0.25) is 0 Å². The Morgan fingerprint density at radius 1 is 1.33 bits per heavy atom. The molecule has 1 aromatic rings. The summed E-state index contributed by atoms with van der Waals surface area (Å²) in [6, 6.07) is 7.71. The number of likely N-dealkylation sites (N-methyl/N-ethyl adjacent to an activating group) is 1. The van der Waals surface area contributed by atoms with Gasteiger partial charge in [0.2, 0.25) is 0 Å². The predicted molar refractivity (Wildman–Crippen MR) is 70.9 cm³/mol. The Labute approximate surface area is 109 Å². The SMILES string of the molecule is CCNC(C#N)COc1ccc(CC)cc1OC. The fourth-order valence-electron chi connectivity index (χ4n) is 1.61.